The van der Waals surface area contributed by atoms with Crippen LogP contribution >= 0.6 is 0 Å². The smallest absolute Gasteiger partial charge is 0.302 e. The Morgan fingerprint density at radius 2 is 1.83 bits per heavy atom. The Morgan fingerprint density at radius 3 is 2.53 bits per heavy atom. The van der Waals surface area contributed by atoms with E-state index < -0.39 is 0 Å². The lowest BCUT2D eigenvalue weighted by molar-refractivity contribution is -0.148. The van der Waals surface area contributed by atoms with E-state index in [4.69, 9.17) is 4.74 Å². The van der Waals surface area contributed by atoms with Gasteiger partial charge >= 0.3 is 5.97 Å². The van der Waals surface area contributed by atoms with Crippen LogP contribution in [-0.2, 0) is 21.4 Å². The molecule has 162 valence electrons. The third-order valence-electron chi connectivity index (χ3n) is 9.22. The van der Waals surface area contributed by atoms with Gasteiger partial charge in [0.05, 0.1) is 11.4 Å². The first kappa shape index (κ1) is 20.0. The lowest BCUT2D eigenvalue weighted by Crippen LogP contribution is -2.51. The van der Waals surface area contributed by atoms with Gasteiger partial charge in [0.1, 0.15) is 6.10 Å². The van der Waals surface area contributed by atoms with Crippen molar-refractivity contribution in [2.45, 2.75) is 91.1 Å². The fourth-order valence-corrected chi connectivity index (χ4v) is 7.95. The van der Waals surface area contributed by atoms with Crippen LogP contribution in [0.4, 0.5) is 0 Å². The van der Waals surface area contributed by atoms with E-state index in [1.165, 1.54) is 36.6 Å². The maximum atomic E-state index is 12.2. The molecule has 4 aliphatic carbocycles. The minimum atomic E-state index is -0.162. The molecule has 0 bridgehead atoms. The molecule has 1 aromatic heterocycles. The highest BCUT2D eigenvalue weighted by atomic mass is 16.5. The van der Waals surface area contributed by atoms with Crippen LogP contribution in [0.25, 0.3) is 0 Å². The average molecular weight is 411 g/mol. The first-order valence-electron chi connectivity index (χ1n) is 11.6. The van der Waals surface area contributed by atoms with Crippen LogP contribution in [0.15, 0.2) is 11.6 Å². The molecule has 0 radical (unpaired) electrons. The van der Waals surface area contributed by atoms with Crippen molar-refractivity contribution in [1.82, 2.24) is 9.78 Å². The Bertz CT molecular complexity index is 960. The Kier molecular flexibility index (Phi) is 4.37. The second kappa shape index (κ2) is 6.54. The van der Waals surface area contributed by atoms with Gasteiger partial charge in [-0.3, -0.25) is 9.59 Å². The van der Waals surface area contributed by atoms with Crippen LogP contribution in [0.5, 0.6) is 0 Å². The molecule has 0 N–H and O–H groups in total. The Hall–Kier alpha value is -1.91. The van der Waals surface area contributed by atoms with Gasteiger partial charge in [0, 0.05) is 25.8 Å². The molecule has 0 aromatic carbocycles. The number of aromatic nitrogens is 2. The number of allylic oxidation sites excluding steroid dienone is 1. The van der Waals surface area contributed by atoms with E-state index in [2.05, 4.69) is 31.9 Å². The number of carbonyl (C=O) groups excluding carboxylic acids is 2. The number of hydrogen-bond acceptors (Lipinski definition) is 4. The van der Waals surface area contributed by atoms with Crippen molar-refractivity contribution in [3.8, 4) is 0 Å². The summed E-state index contributed by atoms with van der Waals surface area (Å²) < 4.78 is 7.25. The Balaban J connectivity index is 1.47. The molecule has 0 saturated heterocycles. The van der Waals surface area contributed by atoms with Crippen LogP contribution in [0.3, 0.4) is 0 Å². The van der Waals surface area contributed by atoms with Gasteiger partial charge in [0.25, 0.3) is 0 Å². The molecule has 5 heteroatoms. The Labute approximate surface area is 179 Å². The van der Waals surface area contributed by atoms with E-state index in [0.29, 0.717) is 17.8 Å². The van der Waals surface area contributed by atoms with Gasteiger partial charge in [-0.25, -0.2) is 4.68 Å². The van der Waals surface area contributed by atoms with Crippen LogP contribution in [0.1, 0.15) is 88.0 Å². The molecule has 1 heterocycles. The first-order valence-corrected chi connectivity index (χ1v) is 11.6. The molecular formula is C25H34N2O3. The Morgan fingerprint density at radius 1 is 1.10 bits per heavy atom. The van der Waals surface area contributed by atoms with Gasteiger partial charge in [0.2, 0.25) is 5.91 Å². The zero-order valence-electron chi connectivity index (χ0n) is 19.0. The molecule has 2 saturated carbocycles. The van der Waals surface area contributed by atoms with Gasteiger partial charge in [0.15, 0.2) is 0 Å². The SMILES string of the molecule is CC(=O)O[C@H]1CC[C@@]2(C)C(=CC[C@H]3[C@H]2CC[C@]2(C)c4c(C)nn(C(C)=O)c4C[C@H]32)C1. The van der Waals surface area contributed by atoms with Crippen molar-refractivity contribution >= 4 is 11.9 Å². The molecule has 2 fully saturated rings. The number of aryl methyl sites for hydroxylation is 1. The summed E-state index contributed by atoms with van der Waals surface area (Å²) in [4.78, 5) is 23.7. The van der Waals surface area contributed by atoms with Crippen molar-refractivity contribution in [3.05, 3.63) is 28.6 Å². The predicted molar refractivity (Wildman–Crippen MR) is 114 cm³/mol. The monoisotopic (exact) mass is 410 g/mol. The molecule has 0 amide bonds. The first-order chi connectivity index (χ1) is 14.1. The fourth-order valence-electron chi connectivity index (χ4n) is 7.95. The summed E-state index contributed by atoms with van der Waals surface area (Å²) in [7, 11) is 0. The topological polar surface area (TPSA) is 61.2 Å². The second-order valence-corrected chi connectivity index (χ2v) is 10.7. The second-order valence-electron chi connectivity index (χ2n) is 10.7. The molecule has 30 heavy (non-hydrogen) atoms. The van der Waals surface area contributed by atoms with E-state index in [0.717, 1.165) is 37.8 Å². The summed E-state index contributed by atoms with van der Waals surface area (Å²) in [6.07, 6.45) is 10.00. The summed E-state index contributed by atoms with van der Waals surface area (Å²) in [6, 6.07) is 0. The third-order valence-corrected chi connectivity index (χ3v) is 9.22. The van der Waals surface area contributed by atoms with E-state index in [9.17, 15) is 9.59 Å². The number of nitrogens with zero attached hydrogens (tertiary/aromatic N) is 2. The standard InChI is InChI=1S/C25H34N2O3/c1-14-23-22(27(26-14)15(2)28)13-21-19-7-6-17-12-18(30-16(3)29)8-10-24(17,4)20(19)9-11-25(21,23)5/h6,18-21H,7-13H2,1-5H3/t18-,19-,20+,21+,24-,25-/m0/s1. The average Bonchev–Trinajstić information content (AvgIpc) is 3.16. The molecular weight excluding hydrogens is 376 g/mol. The number of ether oxygens (including phenoxy) is 1. The minimum absolute atomic E-state index is 0.0275. The summed E-state index contributed by atoms with van der Waals surface area (Å²) in [6.45, 7) is 10.1. The number of rotatable bonds is 1. The molecule has 5 rings (SSSR count). The number of carbonyl (C=O) groups is 2. The molecule has 0 unspecified atom stereocenters. The highest BCUT2D eigenvalue weighted by Crippen LogP contribution is 2.64. The van der Waals surface area contributed by atoms with E-state index >= 15 is 0 Å². The lowest BCUT2D eigenvalue weighted by atomic mass is 9.47. The molecule has 4 aliphatic rings. The van der Waals surface area contributed by atoms with Crippen molar-refractivity contribution in [3.63, 3.8) is 0 Å². The van der Waals surface area contributed by atoms with E-state index in [1.54, 1.807) is 11.6 Å². The molecule has 0 aliphatic heterocycles. The maximum absolute atomic E-state index is 12.2. The summed E-state index contributed by atoms with van der Waals surface area (Å²) >= 11 is 0. The van der Waals surface area contributed by atoms with Crippen molar-refractivity contribution < 1.29 is 14.3 Å². The van der Waals surface area contributed by atoms with Gasteiger partial charge in [-0.1, -0.05) is 25.5 Å². The van der Waals surface area contributed by atoms with Crippen LogP contribution in [-0.4, -0.2) is 27.8 Å². The van der Waals surface area contributed by atoms with Crippen molar-refractivity contribution in [2.75, 3.05) is 0 Å². The number of fused-ring (bicyclic) bond motifs is 7. The predicted octanol–water partition coefficient (Wildman–Crippen LogP) is 4.76. The molecule has 1 aromatic rings. The van der Waals surface area contributed by atoms with E-state index in [1.807, 2.05) is 0 Å². The quantitative estimate of drug-likeness (QED) is 0.495. The molecule has 6 atom stereocenters. The fraction of sp³-hybridized carbons (Fsp3) is 0.720. The maximum Gasteiger partial charge on any atom is 0.302 e. The molecule has 5 nitrogen and oxygen atoms in total. The van der Waals surface area contributed by atoms with Gasteiger partial charge in [-0.15, -0.1) is 0 Å². The van der Waals surface area contributed by atoms with Crippen molar-refractivity contribution in [1.29, 1.82) is 0 Å². The normalized spacial score (nSPS) is 39.3. The largest absolute Gasteiger partial charge is 0.462 e. The minimum Gasteiger partial charge on any atom is -0.462 e. The highest BCUT2D eigenvalue weighted by molar-refractivity contribution is 5.77. The summed E-state index contributed by atoms with van der Waals surface area (Å²) in [5.74, 6) is 1.77. The van der Waals surface area contributed by atoms with Gasteiger partial charge < -0.3 is 4.74 Å². The van der Waals surface area contributed by atoms with Crippen LogP contribution in [0.2, 0.25) is 0 Å². The summed E-state index contributed by atoms with van der Waals surface area (Å²) in [5, 5.41) is 4.60. The van der Waals surface area contributed by atoms with Crippen molar-refractivity contribution in [2.24, 2.45) is 23.2 Å². The van der Waals surface area contributed by atoms with E-state index in [-0.39, 0.29) is 28.8 Å². The molecule has 0 spiro atoms. The highest BCUT2D eigenvalue weighted by Gasteiger charge is 2.59. The number of hydrogen-bond donors (Lipinski definition) is 0. The zero-order valence-corrected chi connectivity index (χ0v) is 19.0. The van der Waals surface area contributed by atoms with Crippen LogP contribution in [0, 0.1) is 30.1 Å². The third kappa shape index (κ3) is 2.63. The summed E-state index contributed by atoms with van der Waals surface area (Å²) in [5.41, 5.74) is 5.45. The van der Waals surface area contributed by atoms with Gasteiger partial charge in [-0.2, -0.15) is 5.10 Å². The van der Waals surface area contributed by atoms with Gasteiger partial charge in [-0.05, 0) is 74.0 Å². The zero-order chi connectivity index (χ0) is 21.4. The van der Waals surface area contributed by atoms with Crippen LogP contribution < -0.4 is 0 Å². The lowest BCUT2D eigenvalue weighted by Gasteiger charge is -2.57. The number of esters is 1.